The molecule has 1 aliphatic rings. The molecule has 3 rings (SSSR count). The van der Waals surface area contributed by atoms with Gasteiger partial charge >= 0.3 is 0 Å². The van der Waals surface area contributed by atoms with E-state index in [2.05, 4.69) is 15.5 Å². The molecule has 1 fully saturated rings. The lowest BCUT2D eigenvalue weighted by Crippen LogP contribution is -2.48. The highest BCUT2D eigenvalue weighted by Gasteiger charge is 2.41. The molecule has 1 aromatic heterocycles. The predicted molar refractivity (Wildman–Crippen MR) is 77.2 cm³/mol. The zero-order valence-corrected chi connectivity index (χ0v) is 12.2. The summed E-state index contributed by atoms with van der Waals surface area (Å²) in [4.78, 5) is 15.9. The van der Waals surface area contributed by atoms with Gasteiger partial charge in [0.15, 0.2) is 6.61 Å². The number of ether oxygens (including phenoxy) is 1. The van der Waals surface area contributed by atoms with Crippen LogP contribution in [0.3, 0.4) is 0 Å². The largest absolute Gasteiger partial charge is 0.485 e. The Morgan fingerprint density at radius 2 is 2.14 bits per heavy atom. The molecule has 1 aromatic carbocycles. The van der Waals surface area contributed by atoms with E-state index in [1.807, 2.05) is 0 Å². The fourth-order valence-corrected chi connectivity index (χ4v) is 2.17. The minimum absolute atomic E-state index is 0.211. The smallest absolute Gasteiger partial charge is 0.256 e. The lowest BCUT2D eigenvalue weighted by molar-refractivity contribution is -0.142. The number of aliphatic hydroxyl groups is 1. The first-order valence-electron chi connectivity index (χ1n) is 7.11. The summed E-state index contributed by atoms with van der Waals surface area (Å²) in [5.74, 6) is 1.24. The van der Waals surface area contributed by atoms with Crippen molar-refractivity contribution in [2.24, 2.45) is 0 Å². The van der Waals surface area contributed by atoms with Crippen molar-refractivity contribution >= 4 is 11.6 Å². The molecule has 0 aliphatic heterocycles. The molecule has 0 atom stereocenters. The van der Waals surface area contributed by atoms with Crippen LogP contribution in [0.4, 0.5) is 5.69 Å². The Labute approximate surface area is 127 Å². The topological polar surface area (TPSA) is 97.5 Å². The first kappa shape index (κ1) is 14.5. The molecule has 1 saturated carbocycles. The number of amides is 1. The molecule has 7 nitrogen and oxygen atoms in total. The third kappa shape index (κ3) is 3.09. The number of aromatic nitrogens is 2. The molecule has 1 aliphatic carbocycles. The number of aryl methyl sites for hydroxylation is 1. The first-order chi connectivity index (χ1) is 10.5. The van der Waals surface area contributed by atoms with Gasteiger partial charge in [0.05, 0.1) is 0 Å². The van der Waals surface area contributed by atoms with Gasteiger partial charge in [-0.15, -0.1) is 0 Å². The molecule has 0 bridgehead atoms. The van der Waals surface area contributed by atoms with Crippen LogP contribution >= 0.6 is 0 Å². The minimum atomic E-state index is -1.20. The number of rotatable bonds is 5. The second-order valence-electron chi connectivity index (χ2n) is 5.38. The van der Waals surface area contributed by atoms with Gasteiger partial charge in [-0.25, -0.2) is 0 Å². The summed E-state index contributed by atoms with van der Waals surface area (Å²) in [5, 5.41) is 16.4. The molecule has 1 amide bonds. The Balaban J connectivity index is 1.54. The molecule has 22 heavy (non-hydrogen) atoms. The quantitative estimate of drug-likeness (QED) is 0.874. The van der Waals surface area contributed by atoms with E-state index in [1.165, 1.54) is 0 Å². The van der Waals surface area contributed by atoms with Crippen LogP contribution in [-0.4, -0.2) is 26.8 Å². The number of carbonyl (C=O) groups excluding carboxylic acids is 1. The number of anilines is 1. The highest BCUT2D eigenvalue weighted by atomic mass is 16.5. The monoisotopic (exact) mass is 303 g/mol. The zero-order valence-electron chi connectivity index (χ0n) is 12.2. The number of nitrogens with zero attached hydrogens (tertiary/aromatic N) is 2. The molecule has 7 heteroatoms. The van der Waals surface area contributed by atoms with Gasteiger partial charge in [-0.3, -0.25) is 4.79 Å². The van der Waals surface area contributed by atoms with E-state index in [0.717, 1.165) is 6.42 Å². The number of hydrogen-bond donors (Lipinski definition) is 2. The maximum atomic E-state index is 11.9. The van der Waals surface area contributed by atoms with Gasteiger partial charge in [0.2, 0.25) is 11.7 Å². The van der Waals surface area contributed by atoms with Crippen molar-refractivity contribution < 1.29 is 19.2 Å². The lowest BCUT2D eigenvalue weighted by atomic mass is 9.79. The molecule has 1 heterocycles. The van der Waals surface area contributed by atoms with Gasteiger partial charge in [-0.2, -0.15) is 4.98 Å². The van der Waals surface area contributed by atoms with Crippen LogP contribution in [0, 0.1) is 6.92 Å². The predicted octanol–water partition coefficient (Wildman–Crippen LogP) is 1.81. The highest BCUT2D eigenvalue weighted by molar-refractivity contribution is 5.97. The summed E-state index contributed by atoms with van der Waals surface area (Å²) in [6.07, 6.45) is 1.92. The average molecular weight is 303 g/mol. The van der Waals surface area contributed by atoms with E-state index >= 15 is 0 Å². The molecular formula is C15H17N3O4. The van der Waals surface area contributed by atoms with Gasteiger partial charge in [-0.1, -0.05) is 5.16 Å². The van der Waals surface area contributed by atoms with Gasteiger partial charge in [-0.05, 0) is 43.5 Å². The Morgan fingerprint density at radius 3 is 2.68 bits per heavy atom. The Kier molecular flexibility index (Phi) is 3.81. The summed E-state index contributed by atoms with van der Waals surface area (Å²) >= 11 is 0. The molecule has 0 radical (unpaired) electrons. The highest BCUT2D eigenvalue weighted by Crippen LogP contribution is 2.32. The van der Waals surface area contributed by atoms with E-state index in [-0.39, 0.29) is 12.5 Å². The Hall–Kier alpha value is -2.41. The maximum absolute atomic E-state index is 11.9. The van der Waals surface area contributed by atoms with E-state index in [4.69, 9.17) is 9.26 Å². The van der Waals surface area contributed by atoms with Gasteiger partial charge in [0.1, 0.15) is 11.4 Å². The van der Waals surface area contributed by atoms with Crippen molar-refractivity contribution in [1.29, 1.82) is 0 Å². The SMILES string of the molecule is Cc1nc(COc2ccc(NC(=O)C3(O)CCC3)cc2)no1. The second kappa shape index (κ2) is 5.76. The Morgan fingerprint density at radius 1 is 1.41 bits per heavy atom. The summed E-state index contributed by atoms with van der Waals surface area (Å²) in [6.45, 7) is 1.92. The van der Waals surface area contributed by atoms with Crippen LogP contribution in [0.2, 0.25) is 0 Å². The fraction of sp³-hybridized carbons (Fsp3) is 0.400. The second-order valence-corrected chi connectivity index (χ2v) is 5.38. The fourth-order valence-electron chi connectivity index (χ4n) is 2.17. The van der Waals surface area contributed by atoms with E-state index in [9.17, 15) is 9.90 Å². The zero-order chi connectivity index (χ0) is 15.6. The number of hydrogen-bond acceptors (Lipinski definition) is 6. The summed E-state index contributed by atoms with van der Waals surface area (Å²) in [7, 11) is 0. The van der Waals surface area contributed by atoms with Crippen LogP contribution in [0.1, 0.15) is 31.0 Å². The van der Waals surface area contributed by atoms with Crippen LogP contribution in [0.25, 0.3) is 0 Å². The third-order valence-corrected chi connectivity index (χ3v) is 3.65. The minimum Gasteiger partial charge on any atom is -0.485 e. The van der Waals surface area contributed by atoms with Crippen molar-refractivity contribution in [2.75, 3.05) is 5.32 Å². The summed E-state index contributed by atoms with van der Waals surface area (Å²) in [5.41, 5.74) is -0.584. The molecule has 2 N–H and O–H groups in total. The van der Waals surface area contributed by atoms with Crippen molar-refractivity contribution in [1.82, 2.24) is 10.1 Å². The average Bonchev–Trinajstić information content (AvgIpc) is 2.89. The van der Waals surface area contributed by atoms with Crippen molar-refractivity contribution in [2.45, 2.75) is 38.4 Å². The maximum Gasteiger partial charge on any atom is 0.256 e. The molecule has 0 unspecified atom stereocenters. The van der Waals surface area contributed by atoms with Gasteiger partial charge in [0, 0.05) is 12.6 Å². The lowest BCUT2D eigenvalue weighted by Gasteiger charge is -2.34. The Bertz CT molecular complexity index is 662. The van der Waals surface area contributed by atoms with Gasteiger partial charge in [0.25, 0.3) is 5.91 Å². The van der Waals surface area contributed by atoms with Crippen molar-refractivity contribution in [3.8, 4) is 5.75 Å². The number of benzene rings is 1. The van der Waals surface area contributed by atoms with E-state index in [0.29, 0.717) is 36.0 Å². The van der Waals surface area contributed by atoms with Gasteiger partial charge < -0.3 is 19.7 Å². The molecule has 2 aromatic rings. The molecule has 0 spiro atoms. The standard InChI is InChI=1S/C15H17N3O4/c1-10-16-13(18-22-10)9-21-12-5-3-11(4-6-12)17-14(19)15(20)7-2-8-15/h3-6,20H,2,7-9H2,1H3,(H,17,19). The van der Waals surface area contributed by atoms with Crippen molar-refractivity contribution in [3.05, 3.63) is 36.0 Å². The summed E-state index contributed by atoms with van der Waals surface area (Å²) < 4.78 is 10.4. The summed E-state index contributed by atoms with van der Waals surface area (Å²) in [6, 6.07) is 6.90. The van der Waals surface area contributed by atoms with Crippen LogP contribution in [0.15, 0.2) is 28.8 Å². The van der Waals surface area contributed by atoms with E-state index < -0.39 is 5.60 Å². The molecule has 0 saturated heterocycles. The van der Waals surface area contributed by atoms with Crippen LogP contribution < -0.4 is 10.1 Å². The number of nitrogens with one attached hydrogen (secondary N) is 1. The van der Waals surface area contributed by atoms with E-state index in [1.54, 1.807) is 31.2 Å². The normalized spacial score (nSPS) is 15.9. The van der Waals surface area contributed by atoms with Crippen LogP contribution in [-0.2, 0) is 11.4 Å². The first-order valence-corrected chi connectivity index (χ1v) is 7.11. The van der Waals surface area contributed by atoms with Crippen molar-refractivity contribution in [3.63, 3.8) is 0 Å². The number of carbonyl (C=O) groups is 1. The molecule has 116 valence electrons. The van der Waals surface area contributed by atoms with Crippen LogP contribution in [0.5, 0.6) is 5.75 Å². The molecular weight excluding hydrogens is 286 g/mol. The third-order valence-electron chi connectivity index (χ3n) is 3.65.